The maximum atomic E-state index is 5.74. The quantitative estimate of drug-likeness (QED) is 0.658. The van der Waals surface area contributed by atoms with Crippen molar-refractivity contribution in [2.45, 2.75) is 45.3 Å². The smallest absolute Gasteiger partial charge is 0.193 e. The molecule has 1 unspecified atom stereocenters. The van der Waals surface area contributed by atoms with Crippen LogP contribution in [0.15, 0.2) is 29.3 Å². The van der Waals surface area contributed by atoms with Gasteiger partial charge in [-0.15, -0.1) is 0 Å². The summed E-state index contributed by atoms with van der Waals surface area (Å²) < 4.78 is 5.74. The molecule has 0 spiro atoms. The molecule has 0 radical (unpaired) electrons. The minimum atomic E-state index is 0.418. The number of ether oxygens (including phenoxy) is 1. The van der Waals surface area contributed by atoms with Crippen molar-refractivity contribution in [2.24, 2.45) is 4.99 Å². The Morgan fingerprint density at radius 3 is 2.76 bits per heavy atom. The molecule has 5 heteroatoms. The van der Waals surface area contributed by atoms with E-state index >= 15 is 0 Å². The van der Waals surface area contributed by atoms with E-state index < -0.39 is 0 Å². The summed E-state index contributed by atoms with van der Waals surface area (Å²) in [5, 5.41) is 3.56. The number of rotatable bonds is 5. The number of benzene rings is 1. The van der Waals surface area contributed by atoms with Crippen LogP contribution in [-0.2, 0) is 11.2 Å². The lowest BCUT2D eigenvalue weighted by atomic mass is 10.1. The lowest BCUT2D eigenvalue weighted by molar-refractivity contribution is 0.0264. The molecule has 2 heterocycles. The number of hydrogen-bond acceptors (Lipinski definition) is 3. The highest BCUT2D eigenvalue weighted by atomic mass is 16.5. The van der Waals surface area contributed by atoms with Crippen molar-refractivity contribution >= 4 is 11.6 Å². The van der Waals surface area contributed by atoms with Crippen LogP contribution in [0, 0.1) is 0 Å². The molecule has 25 heavy (non-hydrogen) atoms. The average molecular weight is 345 g/mol. The predicted molar refractivity (Wildman–Crippen MR) is 105 cm³/mol. The lowest BCUT2D eigenvalue weighted by Crippen LogP contribution is -2.48. The van der Waals surface area contributed by atoms with Gasteiger partial charge in [-0.05, 0) is 44.7 Å². The van der Waals surface area contributed by atoms with Crippen molar-refractivity contribution in [3.63, 3.8) is 0 Å². The van der Waals surface area contributed by atoms with E-state index in [0.717, 1.165) is 58.0 Å². The molecule has 1 atom stereocenters. The SMILES string of the molecule is CCOC1CCN(C(=NC)NCCN2c3ccccc3CC2C)CC1. The number of piperidine rings is 1. The average Bonchev–Trinajstić information content (AvgIpc) is 2.95. The minimum Gasteiger partial charge on any atom is -0.378 e. The van der Waals surface area contributed by atoms with E-state index in [0.29, 0.717) is 12.1 Å². The second kappa shape index (κ2) is 8.56. The number of hydrogen-bond donors (Lipinski definition) is 1. The highest BCUT2D eigenvalue weighted by Gasteiger charge is 2.25. The molecule has 1 aromatic carbocycles. The predicted octanol–water partition coefficient (Wildman–Crippen LogP) is 2.51. The fourth-order valence-electron chi connectivity index (χ4n) is 4.06. The zero-order valence-corrected chi connectivity index (χ0v) is 15.9. The van der Waals surface area contributed by atoms with Gasteiger partial charge in [0.25, 0.3) is 0 Å². The Labute approximate surface area is 152 Å². The van der Waals surface area contributed by atoms with Crippen molar-refractivity contribution in [1.29, 1.82) is 0 Å². The standard InChI is InChI=1S/C20H32N4O/c1-4-25-18-9-12-23(13-10-18)20(21-3)22-11-14-24-16(2)15-17-7-5-6-8-19(17)24/h5-8,16,18H,4,9-15H2,1-3H3,(H,21,22). The summed E-state index contributed by atoms with van der Waals surface area (Å²) >= 11 is 0. The van der Waals surface area contributed by atoms with E-state index in [2.05, 4.69) is 58.2 Å². The molecule has 0 aliphatic carbocycles. The summed E-state index contributed by atoms with van der Waals surface area (Å²) in [5.41, 5.74) is 2.86. The summed E-state index contributed by atoms with van der Waals surface area (Å²) in [7, 11) is 1.88. The Kier molecular flexibility index (Phi) is 6.19. The van der Waals surface area contributed by atoms with Crippen LogP contribution in [0.3, 0.4) is 0 Å². The zero-order chi connectivity index (χ0) is 17.6. The van der Waals surface area contributed by atoms with Crippen LogP contribution < -0.4 is 10.2 Å². The third kappa shape index (κ3) is 4.27. The maximum Gasteiger partial charge on any atom is 0.193 e. The highest BCUT2D eigenvalue weighted by molar-refractivity contribution is 5.80. The monoisotopic (exact) mass is 344 g/mol. The Hall–Kier alpha value is -1.75. The molecular formula is C20H32N4O. The van der Waals surface area contributed by atoms with Crippen molar-refractivity contribution in [3.8, 4) is 0 Å². The summed E-state index contributed by atoms with van der Waals surface area (Å²) in [5.74, 6) is 1.02. The molecule has 3 rings (SSSR count). The lowest BCUT2D eigenvalue weighted by Gasteiger charge is -2.34. The van der Waals surface area contributed by atoms with Gasteiger partial charge in [-0.25, -0.2) is 0 Å². The van der Waals surface area contributed by atoms with E-state index in [4.69, 9.17) is 4.74 Å². The first kappa shape index (κ1) is 18.1. The molecule has 138 valence electrons. The molecule has 1 fully saturated rings. The van der Waals surface area contributed by atoms with Crippen LogP contribution in [0.1, 0.15) is 32.3 Å². The molecular weight excluding hydrogens is 312 g/mol. The van der Waals surface area contributed by atoms with Crippen LogP contribution in [0.5, 0.6) is 0 Å². The van der Waals surface area contributed by atoms with Gasteiger partial charge in [0.05, 0.1) is 6.10 Å². The van der Waals surface area contributed by atoms with Crippen LogP contribution in [-0.4, -0.2) is 62.8 Å². The molecule has 2 aliphatic heterocycles. The number of nitrogens with zero attached hydrogens (tertiary/aromatic N) is 3. The second-order valence-corrected chi connectivity index (χ2v) is 6.99. The van der Waals surface area contributed by atoms with Gasteiger partial charge in [0.1, 0.15) is 0 Å². The van der Waals surface area contributed by atoms with E-state index in [9.17, 15) is 0 Å². The third-order valence-electron chi connectivity index (χ3n) is 5.34. The molecule has 0 amide bonds. The number of guanidine groups is 1. The number of nitrogens with one attached hydrogen (secondary N) is 1. The Bertz CT molecular complexity index is 581. The van der Waals surface area contributed by atoms with Gasteiger partial charge in [-0.1, -0.05) is 18.2 Å². The van der Waals surface area contributed by atoms with Gasteiger partial charge in [0.15, 0.2) is 5.96 Å². The topological polar surface area (TPSA) is 40.1 Å². The van der Waals surface area contributed by atoms with E-state index in [1.807, 2.05) is 7.05 Å². The van der Waals surface area contributed by atoms with E-state index in [1.54, 1.807) is 0 Å². The zero-order valence-electron chi connectivity index (χ0n) is 15.9. The van der Waals surface area contributed by atoms with Gasteiger partial charge in [-0.3, -0.25) is 4.99 Å². The number of anilines is 1. The summed E-state index contributed by atoms with van der Waals surface area (Å²) in [6.07, 6.45) is 3.74. The normalized spacial score (nSPS) is 21.6. The van der Waals surface area contributed by atoms with Crippen molar-refractivity contribution in [3.05, 3.63) is 29.8 Å². The van der Waals surface area contributed by atoms with Gasteiger partial charge >= 0.3 is 0 Å². The first-order chi connectivity index (χ1) is 12.2. The summed E-state index contributed by atoms with van der Waals surface area (Å²) in [6, 6.07) is 9.34. The van der Waals surface area contributed by atoms with Gasteiger partial charge in [0, 0.05) is 51.6 Å². The molecule has 1 saturated heterocycles. The van der Waals surface area contributed by atoms with Crippen LogP contribution in [0.4, 0.5) is 5.69 Å². The number of aliphatic imine (C=N–C) groups is 1. The van der Waals surface area contributed by atoms with Crippen molar-refractivity contribution in [1.82, 2.24) is 10.2 Å². The Morgan fingerprint density at radius 1 is 1.28 bits per heavy atom. The van der Waals surface area contributed by atoms with Gasteiger partial charge in [-0.2, -0.15) is 0 Å². The molecule has 2 aliphatic rings. The molecule has 0 saturated carbocycles. The number of likely N-dealkylation sites (tertiary alicyclic amines) is 1. The first-order valence-electron chi connectivity index (χ1n) is 9.64. The number of para-hydroxylation sites is 1. The van der Waals surface area contributed by atoms with Crippen LogP contribution in [0.25, 0.3) is 0 Å². The molecule has 5 nitrogen and oxygen atoms in total. The second-order valence-electron chi connectivity index (χ2n) is 6.99. The Balaban J connectivity index is 1.48. The fraction of sp³-hybridized carbons (Fsp3) is 0.650. The fourth-order valence-corrected chi connectivity index (χ4v) is 4.06. The number of fused-ring (bicyclic) bond motifs is 1. The molecule has 1 N–H and O–H groups in total. The minimum absolute atomic E-state index is 0.418. The first-order valence-corrected chi connectivity index (χ1v) is 9.64. The van der Waals surface area contributed by atoms with Crippen molar-refractivity contribution < 1.29 is 4.74 Å². The summed E-state index contributed by atoms with van der Waals surface area (Å²) in [4.78, 5) is 9.35. The molecule has 0 bridgehead atoms. The van der Waals surface area contributed by atoms with Crippen LogP contribution in [0.2, 0.25) is 0 Å². The van der Waals surface area contributed by atoms with Crippen molar-refractivity contribution in [2.75, 3.05) is 44.7 Å². The van der Waals surface area contributed by atoms with Gasteiger partial charge < -0.3 is 19.9 Å². The van der Waals surface area contributed by atoms with Crippen LogP contribution >= 0.6 is 0 Å². The Morgan fingerprint density at radius 2 is 2.04 bits per heavy atom. The van der Waals surface area contributed by atoms with E-state index in [1.165, 1.54) is 11.3 Å². The highest BCUT2D eigenvalue weighted by Crippen LogP contribution is 2.31. The molecule has 1 aromatic rings. The maximum absolute atomic E-state index is 5.74. The van der Waals surface area contributed by atoms with Gasteiger partial charge in [0.2, 0.25) is 0 Å². The molecule has 0 aromatic heterocycles. The third-order valence-corrected chi connectivity index (χ3v) is 5.34. The van der Waals surface area contributed by atoms with E-state index in [-0.39, 0.29) is 0 Å². The largest absolute Gasteiger partial charge is 0.378 e. The summed E-state index contributed by atoms with van der Waals surface area (Å²) in [6.45, 7) is 9.16.